The maximum Gasteiger partial charge on any atom is 0.188 e. The first kappa shape index (κ1) is 13.1. The number of fused-ring (bicyclic) bond motifs is 1. The lowest BCUT2D eigenvalue weighted by molar-refractivity contribution is 1.39. The average molecular weight is 398 g/mol. The number of aryl methyl sites for hydroxylation is 1. The Morgan fingerprint density at radius 2 is 2.00 bits per heavy atom. The number of thiazole rings is 1. The van der Waals surface area contributed by atoms with Crippen LogP contribution in [0.5, 0.6) is 0 Å². The molecule has 0 radical (unpaired) electrons. The molecule has 1 aromatic heterocycles. The van der Waals surface area contributed by atoms with Gasteiger partial charge < -0.3 is 5.32 Å². The molecular formula is C14H10Br2N2S. The normalized spacial score (nSPS) is 10.9. The van der Waals surface area contributed by atoms with Crippen LogP contribution in [0, 0.1) is 6.92 Å². The van der Waals surface area contributed by atoms with E-state index in [1.807, 2.05) is 18.2 Å². The van der Waals surface area contributed by atoms with Gasteiger partial charge in [-0.15, -0.1) is 0 Å². The molecule has 3 rings (SSSR count). The quantitative estimate of drug-likeness (QED) is 0.584. The van der Waals surface area contributed by atoms with Crippen LogP contribution in [0.4, 0.5) is 10.8 Å². The minimum absolute atomic E-state index is 0.906. The van der Waals surface area contributed by atoms with E-state index in [0.29, 0.717) is 0 Å². The Kier molecular flexibility index (Phi) is 3.60. The molecule has 0 aliphatic rings. The number of halogens is 2. The van der Waals surface area contributed by atoms with Crippen LogP contribution in [0.15, 0.2) is 45.3 Å². The predicted octanol–water partition coefficient (Wildman–Crippen LogP) is 5.87. The Hall–Kier alpha value is -0.910. The Morgan fingerprint density at radius 1 is 1.16 bits per heavy atom. The summed E-state index contributed by atoms with van der Waals surface area (Å²) in [5, 5.41) is 4.27. The molecule has 0 amide bonds. The number of benzene rings is 2. The second-order valence-electron chi connectivity index (χ2n) is 4.19. The van der Waals surface area contributed by atoms with Gasteiger partial charge in [-0.05, 0) is 52.7 Å². The van der Waals surface area contributed by atoms with Gasteiger partial charge in [0, 0.05) is 8.95 Å². The fraction of sp³-hybridized carbons (Fsp3) is 0.0714. The van der Waals surface area contributed by atoms with Crippen LogP contribution >= 0.6 is 43.2 Å². The van der Waals surface area contributed by atoms with E-state index in [2.05, 4.69) is 67.3 Å². The monoisotopic (exact) mass is 396 g/mol. The van der Waals surface area contributed by atoms with Gasteiger partial charge in [-0.3, -0.25) is 0 Å². The zero-order valence-corrected chi connectivity index (χ0v) is 14.1. The SMILES string of the molecule is Cc1cccc2sc(Nc3cc(Br)ccc3Br)nc12. The largest absolute Gasteiger partial charge is 0.331 e. The van der Waals surface area contributed by atoms with Gasteiger partial charge in [0.15, 0.2) is 5.13 Å². The third-order valence-corrected chi connectivity index (χ3v) is 4.91. The lowest BCUT2D eigenvalue weighted by atomic mass is 10.2. The first-order valence-corrected chi connectivity index (χ1v) is 8.12. The molecule has 0 aliphatic heterocycles. The topological polar surface area (TPSA) is 24.9 Å². The van der Waals surface area contributed by atoms with E-state index in [-0.39, 0.29) is 0 Å². The van der Waals surface area contributed by atoms with E-state index in [1.165, 1.54) is 10.3 Å². The van der Waals surface area contributed by atoms with E-state index < -0.39 is 0 Å². The van der Waals surface area contributed by atoms with E-state index >= 15 is 0 Å². The first-order valence-electron chi connectivity index (χ1n) is 5.72. The predicted molar refractivity (Wildman–Crippen MR) is 89.5 cm³/mol. The molecule has 2 nitrogen and oxygen atoms in total. The molecule has 3 aromatic rings. The second kappa shape index (κ2) is 5.23. The van der Waals surface area contributed by atoms with Crippen LogP contribution in [0.3, 0.4) is 0 Å². The smallest absolute Gasteiger partial charge is 0.188 e. The van der Waals surface area contributed by atoms with Gasteiger partial charge in [0.2, 0.25) is 0 Å². The van der Waals surface area contributed by atoms with Gasteiger partial charge in [-0.25, -0.2) is 4.98 Å². The lowest BCUT2D eigenvalue weighted by Gasteiger charge is -2.05. The summed E-state index contributed by atoms with van der Waals surface area (Å²) >= 11 is 8.68. The summed E-state index contributed by atoms with van der Waals surface area (Å²) < 4.78 is 3.26. The van der Waals surface area contributed by atoms with Crippen molar-refractivity contribution in [1.29, 1.82) is 0 Å². The Bertz CT molecular complexity index is 752. The van der Waals surface area contributed by atoms with Crippen LogP contribution in [0.1, 0.15) is 5.56 Å². The summed E-state index contributed by atoms with van der Waals surface area (Å²) in [6.07, 6.45) is 0. The Morgan fingerprint density at radius 3 is 2.79 bits per heavy atom. The highest BCUT2D eigenvalue weighted by atomic mass is 79.9. The van der Waals surface area contributed by atoms with Gasteiger partial charge in [0.1, 0.15) is 0 Å². The van der Waals surface area contributed by atoms with Crippen molar-refractivity contribution in [2.24, 2.45) is 0 Å². The summed E-state index contributed by atoms with van der Waals surface area (Å²) in [5.74, 6) is 0. The Balaban J connectivity index is 2.01. The van der Waals surface area contributed by atoms with Crippen LogP contribution in [-0.4, -0.2) is 4.98 Å². The number of rotatable bonds is 2. The second-order valence-corrected chi connectivity index (χ2v) is 6.99. The molecule has 0 unspecified atom stereocenters. The summed E-state index contributed by atoms with van der Waals surface area (Å²) in [7, 11) is 0. The van der Waals surface area contributed by atoms with Crippen molar-refractivity contribution in [2.75, 3.05) is 5.32 Å². The van der Waals surface area contributed by atoms with Crippen molar-refractivity contribution < 1.29 is 0 Å². The molecule has 2 aromatic carbocycles. The van der Waals surface area contributed by atoms with Gasteiger partial charge in [0.25, 0.3) is 0 Å². The maximum atomic E-state index is 4.65. The third kappa shape index (κ3) is 2.68. The highest BCUT2D eigenvalue weighted by molar-refractivity contribution is 9.11. The van der Waals surface area contributed by atoms with E-state index in [0.717, 1.165) is 25.3 Å². The van der Waals surface area contributed by atoms with Crippen LogP contribution in [0.2, 0.25) is 0 Å². The molecule has 0 fully saturated rings. The lowest BCUT2D eigenvalue weighted by Crippen LogP contribution is -1.90. The molecule has 96 valence electrons. The van der Waals surface area contributed by atoms with E-state index in [1.54, 1.807) is 11.3 Å². The highest BCUT2D eigenvalue weighted by Crippen LogP contribution is 2.33. The molecule has 0 aliphatic carbocycles. The van der Waals surface area contributed by atoms with Crippen molar-refractivity contribution in [3.05, 3.63) is 50.9 Å². The fourth-order valence-corrected chi connectivity index (χ4v) is 3.51. The van der Waals surface area contributed by atoms with Crippen molar-refractivity contribution >= 4 is 64.2 Å². The molecule has 19 heavy (non-hydrogen) atoms. The van der Waals surface area contributed by atoms with E-state index in [9.17, 15) is 0 Å². The minimum atomic E-state index is 0.906. The van der Waals surface area contributed by atoms with Gasteiger partial charge in [-0.2, -0.15) is 0 Å². The van der Waals surface area contributed by atoms with Gasteiger partial charge >= 0.3 is 0 Å². The molecule has 0 spiro atoms. The number of anilines is 2. The summed E-state index contributed by atoms with van der Waals surface area (Å²) in [6, 6.07) is 12.3. The van der Waals surface area contributed by atoms with Crippen molar-refractivity contribution in [2.45, 2.75) is 6.92 Å². The number of nitrogens with one attached hydrogen (secondary N) is 1. The molecule has 0 bridgehead atoms. The van der Waals surface area contributed by atoms with Crippen LogP contribution in [0.25, 0.3) is 10.2 Å². The number of hydrogen-bond donors (Lipinski definition) is 1. The first-order chi connectivity index (χ1) is 9.13. The Labute approximate surface area is 132 Å². The number of nitrogens with zero attached hydrogens (tertiary/aromatic N) is 1. The molecule has 0 saturated heterocycles. The molecule has 1 N–H and O–H groups in total. The molecule has 0 atom stereocenters. The standard InChI is InChI=1S/C14H10Br2N2S/c1-8-3-2-4-12-13(8)18-14(19-12)17-11-7-9(15)5-6-10(11)16/h2-7H,1H3,(H,17,18). The van der Waals surface area contributed by atoms with E-state index in [4.69, 9.17) is 0 Å². The van der Waals surface area contributed by atoms with Crippen LogP contribution < -0.4 is 5.32 Å². The van der Waals surface area contributed by atoms with Crippen LogP contribution in [-0.2, 0) is 0 Å². The van der Waals surface area contributed by atoms with Crippen molar-refractivity contribution in [3.8, 4) is 0 Å². The summed E-state index contributed by atoms with van der Waals surface area (Å²) in [4.78, 5) is 4.65. The number of aromatic nitrogens is 1. The van der Waals surface area contributed by atoms with Gasteiger partial charge in [-0.1, -0.05) is 39.4 Å². The highest BCUT2D eigenvalue weighted by Gasteiger charge is 2.07. The molecule has 0 saturated carbocycles. The zero-order chi connectivity index (χ0) is 13.4. The minimum Gasteiger partial charge on any atom is -0.331 e. The van der Waals surface area contributed by atoms with Crippen molar-refractivity contribution in [3.63, 3.8) is 0 Å². The third-order valence-electron chi connectivity index (χ3n) is 2.79. The molecule has 5 heteroatoms. The average Bonchev–Trinajstić information content (AvgIpc) is 2.78. The van der Waals surface area contributed by atoms with Gasteiger partial charge in [0.05, 0.1) is 15.9 Å². The molecular weight excluding hydrogens is 388 g/mol. The molecule has 1 heterocycles. The maximum absolute atomic E-state index is 4.65. The summed E-state index contributed by atoms with van der Waals surface area (Å²) in [6.45, 7) is 2.08. The number of para-hydroxylation sites is 1. The fourth-order valence-electron chi connectivity index (χ4n) is 1.85. The summed E-state index contributed by atoms with van der Waals surface area (Å²) in [5.41, 5.74) is 3.28. The number of hydrogen-bond acceptors (Lipinski definition) is 3. The van der Waals surface area contributed by atoms with Crippen molar-refractivity contribution in [1.82, 2.24) is 4.98 Å². The zero-order valence-electron chi connectivity index (χ0n) is 10.1.